The molecule has 2 amide bonds. The van der Waals surface area contributed by atoms with Crippen molar-refractivity contribution in [2.24, 2.45) is 5.92 Å². The Hall–Kier alpha value is -1.76. The van der Waals surface area contributed by atoms with Gasteiger partial charge >= 0.3 is 0 Å². The van der Waals surface area contributed by atoms with Crippen LogP contribution in [0.5, 0.6) is 0 Å². The third-order valence-corrected chi connectivity index (χ3v) is 6.39. The van der Waals surface area contributed by atoms with Gasteiger partial charge in [-0.25, -0.2) is 4.39 Å². The van der Waals surface area contributed by atoms with Gasteiger partial charge in [-0.2, -0.15) is 0 Å². The number of thioether (sulfide) groups is 1. The van der Waals surface area contributed by atoms with E-state index in [0.717, 1.165) is 11.1 Å². The molecular weight excluding hydrogens is 470 g/mol. The van der Waals surface area contributed by atoms with E-state index in [1.165, 1.54) is 23.9 Å². The van der Waals surface area contributed by atoms with Crippen molar-refractivity contribution in [3.05, 3.63) is 69.5 Å². The van der Waals surface area contributed by atoms with E-state index in [9.17, 15) is 14.0 Å². The van der Waals surface area contributed by atoms with Gasteiger partial charge in [0.2, 0.25) is 11.8 Å². The molecule has 0 aliphatic rings. The molecule has 0 radical (unpaired) electrons. The van der Waals surface area contributed by atoms with Crippen molar-refractivity contribution in [1.29, 1.82) is 0 Å². The van der Waals surface area contributed by atoms with Crippen molar-refractivity contribution in [1.82, 2.24) is 10.2 Å². The Morgan fingerprint density at radius 2 is 1.81 bits per heavy atom. The Morgan fingerprint density at radius 3 is 2.41 bits per heavy atom. The molecule has 0 aromatic heterocycles. The lowest BCUT2D eigenvalue weighted by molar-refractivity contribution is -0.139. The van der Waals surface area contributed by atoms with Crippen LogP contribution in [0.1, 0.15) is 38.3 Å². The molecular formula is C24H29Cl2FN2O2S. The quantitative estimate of drug-likeness (QED) is 0.416. The first-order valence-electron chi connectivity index (χ1n) is 10.5. The normalized spacial score (nSPS) is 12.0. The molecule has 0 aliphatic carbocycles. The minimum absolute atomic E-state index is 0.157. The first-order valence-corrected chi connectivity index (χ1v) is 12.5. The van der Waals surface area contributed by atoms with Gasteiger partial charge in [-0.3, -0.25) is 9.59 Å². The van der Waals surface area contributed by atoms with E-state index in [0.29, 0.717) is 34.7 Å². The first-order chi connectivity index (χ1) is 15.2. The highest BCUT2D eigenvalue weighted by molar-refractivity contribution is 7.99. The molecule has 32 heavy (non-hydrogen) atoms. The molecule has 8 heteroatoms. The van der Waals surface area contributed by atoms with Gasteiger partial charge < -0.3 is 10.2 Å². The second-order valence-corrected chi connectivity index (χ2v) is 9.77. The van der Waals surface area contributed by atoms with Crippen molar-refractivity contribution < 1.29 is 14.0 Å². The summed E-state index contributed by atoms with van der Waals surface area (Å²) in [7, 11) is 0. The second kappa shape index (κ2) is 13.1. The van der Waals surface area contributed by atoms with Crippen LogP contribution >= 0.6 is 35.0 Å². The van der Waals surface area contributed by atoms with E-state index in [1.807, 2.05) is 26.8 Å². The number of nitrogens with zero attached hydrogens (tertiary/aromatic N) is 1. The second-order valence-electron chi connectivity index (χ2n) is 7.94. The predicted octanol–water partition coefficient (Wildman–Crippen LogP) is 5.95. The molecule has 2 rings (SSSR count). The monoisotopic (exact) mass is 498 g/mol. The highest BCUT2D eigenvalue weighted by Crippen LogP contribution is 2.25. The fourth-order valence-corrected chi connectivity index (χ4v) is 4.57. The number of amides is 2. The van der Waals surface area contributed by atoms with Gasteiger partial charge in [0.15, 0.2) is 0 Å². The van der Waals surface area contributed by atoms with E-state index >= 15 is 0 Å². The Kier molecular flexibility index (Phi) is 10.8. The third kappa shape index (κ3) is 8.30. The fraction of sp³-hybridized carbons (Fsp3) is 0.417. The molecule has 0 aliphatic heterocycles. The number of nitrogens with one attached hydrogen (secondary N) is 1. The van der Waals surface area contributed by atoms with Crippen LogP contribution in [0.4, 0.5) is 4.39 Å². The zero-order valence-electron chi connectivity index (χ0n) is 18.5. The summed E-state index contributed by atoms with van der Waals surface area (Å²) in [6, 6.07) is 10.7. The predicted molar refractivity (Wildman–Crippen MR) is 132 cm³/mol. The zero-order chi connectivity index (χ0) is 23.7. The summed E-state index contributed by atoms with van der Waals surface area (Å²) < 4.78 is 13.3. The van der Waals surface area contributed by atoms with Crippen molar-refractivity contribution >= 4 is 46.8 Å². The van der Waals surface area contributed by atoms with Crippen molar-refractivity contribution in [3.63, 3.8) is 0 Å². The number of carbonyl (C=O) groups is 2. The maximum Gasteiger partial charge on any atom is 0.242 e. The van der Waals surface area contributed by atoms with Gasteiger partial charge in [-0.15, -0.1) is 11.8 Å². The number of hydrogen-bond acceptors (Lipinski definition) is 3. The molecule has 0 fully saturated rings. The van der Waals surface area contributed by atoms with Crippen LogP contribution in [0.2, 0.25) is 10.0 Å². The summed E-state index contributed by atoms with van der Waals surface area (Å²) >= 11 is 13.6. The molecule has 4 nitrogen and oxygen atoms in total. The SMILES string of the molecule is CC[C@@H](C(=O)NCC(C)C)N(Cc1ccc(F)cc1)C(=O)CSCc1ccc(Cl)cc1Cl. The summed E-state index contributed by atoms with van der Waals surface area (Å²) in [5.74, 6) is 0.357. The Bertz CT molecular complexity index is 909. The average Bonchev–Trinajstić information content (AvgIpc) is 2.74. The molecule has 0 saturated heterocycles. The molecule has 0 bridgehead atoms. The molecule has 2 aromatic rings. The van der Waals surface area contributed by atoms with Crippen LogP contribution < -0.4 is 5.32 Å². The molecule has 0 heterocycles. The van der Waals surface area contributed by atoms with Crippen LogP contribution in [-0.2, 0) is 21.9 Å². The zero-order valence-corrected chi connectivity index (χ0v) is 20.9. The van der Waals surface area contributed by atoms with Crippen LogP contribution in [0.25, 0.3) is 0 Å². The fourth-order valence-electron chi connectivity index (χ4n) is 3.10. The highest BCUT2D eigenvalue weighted by atomic mass is 35.5. The van der Waals surface area contributed by atoms with Gasteiger partial charge in [0.05, 0.1) is 5.75 Å². The Morgan fingerprint density at radius 1 is 1.12 bits per heavy atom. The first kappa shape index (κ1) is 26.5. The lowest BCUT2D eigenvalue weighted by Crippen LogP contribution is -2.50. The molecule has 0 saturated carbocycles. The van der Waals surface area contributed by atoms with Crippen molar-refractivity contribution in [2.75, 3.05) is 12.3 Å². The van der Waals surface area contributed by atoms with Crippen LogP contribution in [-0.4, -0.2) is 35.1 Å². The summed E-state index contributed by atoms with van der Waals surface area (Å²) in [5.41, 5.74) is 1.65. The molecule has 0 unspecified atom stereocenters. The van der Waals surface area contributed by atoms with E-state index in [-0.39, 0.29) is 29.9 Å². The van der Waals surface area contributed by atoms with Crippen molar-refractivity contribution in [3.8, 4) is 0 Å². The van der Waals surface area contributed by atoms with Crippen LogP contribution in [0.3, 0.4) is 0 Å². The lowest BCUT2D eigenvalue weighted by Gasteiger charge is -2.31. The van der Waals surface area contributed by atoms with Gasteiger partial charge in [-0.05, 0) is 47.7 Å². The molecule has 0 spiro atoms. The van der Waals surface area contributed by atoms with E-state index in [2.05, 4.69) is 5.32 Å². The highest BCUT2D eigenvalue weighted by Gasteiger charge is 2.28. The van der Waals surface area contributed by atoms with Gasteiger partial charge in [-0.1, -0.05) is 62.2 Å². The number of halogens is 3. The van der Waals surface area contributed by atoms with Gasteiger partial charge in [0.25, 0.3) is 0 Å². The summed E-state index contributed by atoms with van der Waals surface area (Å²) in [5, 5.41) is 4.04. The Balaban J connectivity index is 2.12. The van der Waals surface area contributed by atoms with E-state index in [1.54, 1.807) is 29.2 Å². The van der Waals surface area contributed by atoms with Crippen LogP contribution in [0.15, 0.2) is 42.5 Å². The lowest BCUT2D eigenvalue weighted by atomic mass is 10.1. The van der Waals surface area contributed by atoms with Gasteiger partial charge in [0, 0.05) is 28.9 Å². The van der Waals surface area contributed by atoms with Crippen molar-refractivity contribution in [2.45, 2.75) is 45.5 Å². The average molecular weight is 499 g/mol. The minimum Gasteiger partial charge on any atom is -0.354 e. The maximum atomic E-state index is 13.3. The number of benzene rings is 2. The van der Waals surface area contributed by atoms with Crippen LogP contribution in [0, 0.1) is 11.7 Å². The minimum atomic E-state index is -0.606. The smallest absolute Gasteiger partial charge is 0.242 e. The molecule has 2 aromatic carbocycles. The van der Waals surface area contributed by atoms with E-state index < -0.39 is 6.04 Å². The number of hydrogen-bond donors (Lipinski definition) is 1. The maximum absolute atomic E-state index is 13.3. The molecule has 1 atom stereocenters. The molecule has 174 valence electrons. The Labute approximate surface area is 203 Å². The number of carbonyl (C=O) groups excluding carboxylic acids is 2. The topological polar surface area (TPSA) is 49.4 Å². The van der Waals surface area contributed by atoms with E-state index in [4.69, 9.17) is 23.2 Å². The third-order valence-electron chi connectivity index (χ3n) is 4.83. The summed E-state index contributed by atoms with van der Waals surface area (Å²) in [4.78, 5) is 27.6. The largest absolute Gasteiger partial charge is 0.354 e. The summed E-state index contributed by atoms with van der Waals surface area (Å²) in [6.45, 7) is 6.68. The summed E-state index contributed by atoms with van der Waals surface area (Å²) in [6.07, 6.45) is 0.477. The van der Waals surface area contributed by atoms with Gasteiger partial charge in [0.1, 0.15) is 11.9 Å². The standard InChI is InChI=1S/C24H29Cl2FN2O2S/c1-4-22(24(31)28-12-16(2)3)29(13-17-5-9-20(27)10-6-17)23(30)15-32-14-18-7-8-19(25)11-21(18)26/h5-11,16,22H,4,12-15H2,1-3H3,(H,28,31)/t22-/m0/s1. The molecule has 1 N–H and O–H groups in total. The number of rotatable bonds is 11.